The maximum absolute atomic E-state index is 11.1. The van der Waals surface area contributed by atoms with Gasteiger partial charge in [-0.3, -0.25) is 4.90 Å². The van der Waals surface area contributed by atoms with E-state index in [1.807, 2.05) is 31.2 Å². The zero-order valence-electron chi connectivity index (χ0n) is 12.2. The fraction of sp³-hybridized carbons (Fsp3) is 0.625. The van der Waals surface area contributed by atoms with Crippen molar-refractivity contribution in [3.63, 3.8) is 0 Å². The van der Waals surface area contributed by atoms with Crippen LogP contribution < -0.4 is 4.74 Å². The molecule has 1 aromatic carbocycles. The maximum Gasteiger partial charge on any atom is 0.119 e. The number of benzene rings is 1. The SMILES string of the molecule is CCOc1cccc(C2(O)CC3COCC(C2)N3C)c1. The number of likely N-dealkylation sites (N-methyl/N-ethyl adjacent to an activating group) is 1. The van der Waals surface area contributed by atoms with Crippen LogP contribution in [0.25, 0.3) is 0 Å². The smallest absolute Gasteiger partial charge is 0.119 e. The van der Waals surface area contributed by atoms with Crippen LogP contribution in [0.15, 0.2) is 24.3 Å². The average molecular weight is 277 g/mol. The molecule has 20 heavy (non-hydrogen) atoms. The van der Waals surface area contributed by atoms with Crippen LogP contribution >= 0.6 is 0 Å². The fourth-order valence-electron chi connectivity index (χ4n) is 3.42. The first-order valence-electron chi connectivity index (χ1n) is 7.38. The lowest BCUT2D eigenvalue weighted by atomic mass is 9.77. The van der Waals surface area contributed by atoms with Crippen LogP contribution in [0.1, 0.15) is 25.3 Å². The monoisotopic (exact) mass is 277 g/mol. The van der Waals surface area contributed by atoms with Crippen molar-refractivity contribution < 1.29 is 14.6 Å². The average Bonchev–Trinajstić information content (AvgIpc) is 2.42. The molecule has 2 heterocycles. The van der Waals surface area contributed by atoms with Crippen molar-refractivity contribution in [3.8, 4) is 5.75 Å². The molecular formula is C16H23NO3. The number of nitrogens with zero attached hydrogens (tertiary/aromatic N) is 1. The molecule has 2 aliphatic heterocycles. The van der Waals surface area contributed by atoms with Crippen molar-refractivity contribution >= 4 is 0 Å². The van der Waals surface area contributed by atoms with Gasteiger partial charge in [0.2, 0.25) is 0 Å². The standard InChI is InChI=1S/C16H23NO3/c1-3-20-15-6-4-5-12(7-15)16(18)8-13-10-19-11-14(9-16)17(13)2/h4-7,13-14,18H,3,8-11H2,1-2H3. The molecule has 110 valence electrons. The first-order valence-corrected chi connectivity index (χ1v) is 7.38. The lowest BCUT2D eigenvalue weighted by molar-refractivity contribution is -0.137. The van der Waals surface area contributed by atoms with Crippen molar-refractivity contribution in [1.82, 2.24) is 4.90 Å². The second kappa shape index (κ2) is 5.35. The molecule has 2 unspecified atom stereocenters. The van der Waals surface area contributed by atoms with Crippen LogP contribution in [0.3, 0.4) is 0 Å². The Balaban J connectivity index is 1.87. The molecule has 4 nitrogen and oxygen atoms in total. The van der Waals surface area contributed by atoms with Gasteiger partial charge in [0.15, 0.2) is 0 Å². The Bertz CT molecular complexity index is 463. The van der Waals surface area contributed by atoms with E-state index in [2.05, 4.69) is 11.9 Å². The Labute approximate surface area is 120 Å². The van der Waals surface area contributed by atoms with Crippen LogP contribution in [-0.2, 0) is 10.3 Å². The van der Waals surface area contributed by atoms with Gasteiger partial charge >= 0.3 is 0 Å². The van der Waals surface area contributed by atoms with Crippen LogP contribution in [0, 0.1) is 0 Å². The molecule has 4 heteroatoms. The van der Waals surface area contributed by atoms with E-state index in [0.29, 0.717) is 31.9 Å². The van der Waals surface area contributed by atoms with E-state index < -0.39 is 5.60 Å². The Kier molecular flexibility index (Phi) is 3.71. The highest BCUT2D eigenvalue weighted by atomic mass is 16.5. The van der Waals surface area contributed by atoms with Crippen molar-refractivity contribution in [2.45, 2.75) is 37.5 Å². The van der Waals surface area contributed by atoms with Crippen LogP contribution in [0.5, 0.6) is 5.75 Å². The first kappa shape index (κ1) is 13.9. The van der Waals surface area contributed by atoms with E-state index in [4.69, 9.17) is 9.47 Å². The van der Waals surface area contributed by atoms with Gasteiger partial charge in [-0.1, -0.05) is 12.1 Å². The van der Waals surface area contributed by atoms with Gasteiger partial charge < -0.3 is 14.6 Å². The highest BCUT2D eigenvalue weighted by molar-refractivity contribution is 5.33. The van der Waals surface area contributed by atoms with Gasteiger partial charge in [0.05, 0.1) is 25.4 Å². The summed E-state index contributed by atoms with van der Waals surface area (Å²) in [4.78, 5) is 2.35. The Morgan fingerprint density at radius 3 is 2.70 bits per heavy atom. The molecule has 0 amide bonds. The lowest BCUT2D eigenvalue weighted by Gasteiger charge is -2.50. The molecular weight excluding hydrogens is 254 g/mol. The predicted octanol–water partition coefficient (Wildman–Crippen LogP) is 1.77. The van der Waals surface area contributed by atoms with E-state index in [9.17, 15) is 5.11 Å². The summed E-state index contributed by atoms with van der Waals surface area (Å²) in [6.45, 7) is 4.03. The quantitative estimate of drug-likeness (QED) is 0.914. The molecule has 2 atom stereocenters. The minimum absolute atomic E-state index is 0.295. The van der Waals surface area contributed by atoms with Gasteiger partial charge in [-0.25, -0.2) is 0 Å². The van der Waals surface area contributed by atoms with E-state index in [-0.39, 0.29) is 0 Å². The van der Waals surface area contributed by atoms with Gasteiger partial charge in [-0.2, -0.15) is 0 Å². The zero-order valence-corrected chi connectivity index (χ0v) is 12.2. The van der Waals surface area contributed by atoms with E-state index >= 15 is 0 Å². The number of hydrogen-bond acceptors (Lipinski definition) is 4. The van der Waals surface area contributed by atoms with E-state index in [0.717, 1.165) is 24.2 Å². The number of ether oxygens (including phenoxy) is 2. The fourth-order valence-corrected chi connectivity index (χ4v) is 3.42. The lowest BCUT2D eigenvalue weighted by Crippen LogP contribution is -2.59. The third-order valence-corrected chi connectivity index (χ3v) is 4.60. The molecule has 0 aliphatic carbocycles. The molecule has 2 fully saturated rings. The molecule has 2 aliphatic rings. The second-order valence-corrected chi connectivity index (χ2v) is 5.91. The summed E-state index contributed by atoms with van der Waals surface area (Å²) in [5.74, 6) is 0.832. The summed E-state index contributed by atoms with van der Waals surface area (Å²) >= 11 is 0. The summed E-state index contributed by atoms with van der Waals surface area (Å²) in [5, 5.41) is 11.1. The number of fused-ring (bicyclic) bond motifs is 2. The van der Waals surface area contributed by atoms with Gasteiger partial charge in [0, 0.05) is 12.1 Å². The topological polar surface area (TPSA) is 41.9 Å². The van der Waals surface area contributed by atoms with Crippen LogP contribution in [0.4, 0.5) is 0 Å². The molecule has 0 aromatic heterocycles. The van der Waals surface area contributed by atoms with Crippen molar-refractivity contribution in [2.24, 2.45) is 0 Å². The van der Waals surface area contributed by atoms with Crippen molar-refractivity contribution in [1.29, 1.82) is 0 Å². The van der Waals surface area contributed by atoms with E-state index in [1.165, 1.54) is 0 Å². The Morgan fingerprint density at radius 1 is 1.35 bits per heavy atom. The molecule has 0 saturated carbocycles. The maximum atomic E-state index is 11.1. The van der Waals surface area contributed by atoms with Crippen LogP contribution in [-0.4, -0.2) is 49.0 Å². The van der Waals surface area contributed by atoms with Crippen molar-refractivity contribution in [2.75, 3.05) is 26.9 Å². The third-order valence-electron chi connectivity index (χ3n) is 4.60. The molecule has 0 radical (unpaired) electrons. The largest absolute Gasteiger partial charge is 0.494 e. The minimum atomic E-state index is -0.765. The summed E-state index contributed by atoms with van der Waals surface area (Å²) < 4.78 is 11.2. The Morgan fingerprint density at radius 2 is 2.05 bits per heavy atom. The van der Waals surface area contributed by atoms with Gasteiger partial charge in [0.25, 0.3) is 0 Å². The van der Waals surface area contributed by atoms with Gasteiger partial charge in [-0.05, 0) is 44.5 Å². The molecule has 0 spiro atoms. The van der Waals surface area contributed by atoms with Crippen LogP contribution in [0.2, 0.25) is 0 Å². The number of piperidine rings is 1. The second-order valence-electron chi connectivity index (χ2n) is 5.91. The van der Waals surface area contributed by atoms with Gasteiger partial charge in [0.1, 0.15) is 5.75 Å². The molecule has 3 rings (SSSR count). The molecule has 2 saturated heterocycles. The number of rotatable bonds is 3. The number of aliphatic hydroxyl groups is 1. The number of morpholine rings is 1. The number of hydrogen-bond donors (Lipinski definition) is 1. The minimum Gasteiger partial charge on any atom is -0.494 e. The highest BCUT2D eigenvalue weighted by Crippen LogP contribution is 2.40. The predicted molar refractivity (Wildman–Crippen MR) is 76.9 cm³/mol. The summed E-state index contributed by atoms with van der Waals surface area (Å²) in [5.41, 5.74) is 0.201. The molecule has 1 N–H and O–H groups in total. The Hall–Kier alpha value is -1.10. The summed E-state index contributed by atoms with van der Waals surface area (Å²) in [6.07, 6.45) is 1.44. The highest BCUT2D eigenvalue weighted by Gasteiger charge is 2.45. The summed E-state index contributed by atoms with van der Waals surface area (Å²) in [7, 11) is 2.13. The van der Waals surface area contributed by atoms with Crippen molar-refractivity contribution in [3.05, 3.63) is 29.8 Å². The third kappa shape index (κ3) is 2.43. The van der Waals surface area contributed by atoms with Gasteiger partial charge in [-0.15, -0.1) is 0 Å². The first-order chi connectivity index (χ1) is 9.62. The molecule has 2 bridgehead atoms. The van der Waals surface area contributed by atoms with E-state index in [1.54, 1.807) is 0 Å². The summed E-state index contributed by atoms with van der Waals surface area (Å²) in [6, 6.07) is 8.47. The molecule has 1 aromatic rings. The normalized spacial score (nSPS) is 34.0. The zero-order chi connectivity index (χ0) is 14.2.